The predicted octanol–water partition coefficient (Wildman–Crippen LogP) is 2.37. The second-order valence-corrected chi connectivity index (χ2v) is 10.5. The zero-order valence-electron chi connectivity index (χ0n) is 19.8. The fourth-order valence-corrected chi connectivity index (χ4v) is 5.72. The molecule has 0 saturated carbocycles. The van der Waals surface area contributed by atoms with Gasteiger partial charge in [-0.25, -0.2) is 12.8 Å². The summed E-state index contributed by atoms with van der Waals surface area (Å²) in [5.41, 5.74) is 1.16. The van der Waals surface area contributed by atoms with Gasteiger partial charge in [-0.15, -0.1) is 0 Å². The number of halogens is 1. The lowest BCUT2D eigenvalue weighted by Crippen LogP contribution is -2.50. The minimum Gasteiger partial charge on any atom is -0.487 e. The highest BCUT2D eigenvalue weighted by Gasteiger charge is 2.38. The van der Waals surface area contributed by atoms with Gasteiger partial charge in [-0.05, 0) is 42.3 Å². The van der Waals surface area contributed by atoms with Crippen LogP contribution < -0.4 is 4.74 Å². The topological polar surface area (TPSA) is 96.4 Å². The summed E-state index contributed by atoms with van der Waals surface area (Å²) in [6, 6.07) is 9.94. The number of aliphatic hydroxyl groups is 1. The summed E-state index contributed by atoms with van der Waals surface area (Å²) in [4.78, 5) is 13.7. The van der Waals surface area contributed by atoms with Crippen molar-refractivity contribution in [1.29, 1.82) is 0 Å². The Morgan fingerprint density at radius 3 is 2.65 bits per heavy atom. The fraction of sp³-hybridized carbons (Fsp3) is 0.458. The van der Waals surface area contributed by atoms with Crippen molar-refractivity contribution >= 4 is 15.9 Å². The van der Waals surface area contributed by atoms with E-state index in [0.29, 0.717) is 11.1 Å². The Kier molecular flexibility index (Phi) is 8.29. The first kappa shape index (κ1) is 26.1. The van der Waals surface area contributed by atoms with Gasteiger partial charge < -0.3 is 19.5 Å². The maximum atomic E-state index is 13.8. The molecule has 0 saturated heterocycles. The second-order valence-electron chi connectivity index (χ2n) is 8.62. The average molecular weight is 495 g/mol. The van der Waals surface area contributed by atoms with Crippen molar-refractivity contribution in [1.82, 2.24) is 9.21 Å². The summed E-state index contributed by atoms with van der Waals surface area (Å²) in [5.74, 6) is -0.846. The minimum atomic E-state index is -4.00. The molecule has 186 valence electrons. The van der Waals surface area contributed by atoms with Gasteiger partial charge in [0.15, 0.2) is 0 Å². The Labute approximate surface area is 199 Å². The van der Waals surface area contributed by atoms with Crippen LogP contribution in [0.25, 0.3) is 11.1 Å². The predicted molar refractivity (Wildman–Crippen MR) is 125 cm³/mol. The van der Waals surface area contributed by atoms with Crippen LogP contribution in [0.15, 0.2) is 47.4 Å². The van der Waals surface area contributed by atoms with E-state index in [1.807, 2.05) is 6.92 Å². The van der Waals surface area contributed by atoms with Gasteiger partial charge in [-0.2, -0.15) is 4.31 Å². The molecule has 1 aliphatic rings. The zero-order chi connectivity index (χ0) is 25.0. The highest BCUT2D eigenvalue weighted by molar-refractivity contribution is 7.89. The quantitative estimate of drug-likeness (QED) is 0.635. The molecule has 0 bridgehead atoms. The van der Waals surface area contributed by atoms with Crippen molar-refractivity contribution in [2.75, 3.05) is 40.5 Å². The third-order valence-electron chi connectivity index (χ3n) is 5.97. The number of carbonyl (C=O) groups is 1. The number of benzene rings is 2. The van der Waals surface area contributed by atoms with Gasteiger partial charge in [-0.3, -0.25) is 4.79 Å². The first-order valence-corrected chi connectivity index (χ1v) is 12.4. The molecule has 34 heavy (non-hydrogen) atoms. The van der Waals surface area contributed by atoms with E-state index in [1.54, 1.807) is 38.2 Å². The number of ether oxygens (including phenoxy) is 2. The number of aliphatic hydroxyl groups excluding tert-OH is 1. The van der Waals surface area contributed by atoms with Gasteiger partial charge in [0.25, 0.3) is 0 Å². The Hall–Kier alpha value is -2.53. The molecule has 3 atom stereocenters. The Morgan fingerprint density at radius 2 is 2.00 bits per heavy atom. The molecule has 10 heteroatoms. The zero-order valence-corrected chi connectivity index (χ0v) is 20.6. The molecule has 0 unspecified atom stereocenters. The van der Waals surface area contributed by atoms with Gasteiger partial charge >= 0.3 is 0 Å². The average Bonchev–Trinajstić information content (AvgIpc) is 2.80. The van der Waals surface area contributed by atoms with Gasteiger partial charge in [0, 0.05) is 32.7 Å². The van der Waals surface area contributed by atoms with Crippen LogP contribution in [-0.4, -0.2) is 81.2 Å². The Bertz CT molecular complexity index is 1130. The van der Waals surface area contributed by atoms with E-state index in [9.17, 15) is 22.7 Å². The number of carbonyl (C=O) groups excluding carboxylic acids is 1. The van der Waals surface area contributed by atoms with E-state index in [1.165, 1.54) is 34.5 Å². The SMILES string of the molecule is COCC(=O)N(C)C[C@@H]1Oc2cc(-c3cccc(F)c3)ccc2S(=O)(=O)N([C@H](C)CO)C[C@@H]1C. The lowest BCUT2D eigenvalue weighted by atomic mass is 10.0. The summed E-state index contributed by atoms with van der Waals surface area (Å²) in [6.45, 7) is 3.35. The van der Waals surface area contributed by atoms with Crippen molar-refractivity contribution in [2.45, 2.75) is 30.9 Å². The third-order valence-corrected chi connectivity index (χ3v) is 7.99. The van der Waals surface area contributed by atoms with E-state index < -0.39 is 28.0 Å². The number of amides is 1. The highest BCUT2D eigenvalue weighted by Crippen LogP contribution is 2.36. The molecule has 2 aromatic rings. The summed E-state index contributed by atoms with van der Waals surface area (Å²) in [5, 5.41) is 9.74. The van der Waals surface area contributed by atoms with Crippen LogP contribution in [0.2, 0.25) is 0 Å². The number of hydrogen-bond donors (Lipinski definition) is 1. The Balaban J connectivity index is 2.09. The maximum absolute atomic E-state index is 13.8. The summed E-state index contributed by atoms with van der Waals surface area (Å²) < 4.78 is 53.3. The summed E-state index contributed by atoms with van der Waals surface area (Å²) in [7, 11) is -0.933. The number of nitrogens with zero attached hydrogens (tertiary/aromatic N) is 2. The van der Waals surface area contributed by atoms with Crippen molar-refractivity contribution in [3.05, 3.63) is 48.3 Å². The number of sulfonamides is 1. The molecule has 8 nitrogen and oxygen atoms in total. The van der Waals surface area contributed by atoms with Crippen LogP contribution >= 0.6 is 0 Å². The van der Waals surface area contributed by atoms with Crippen LogP contribution in [0.1, 0.15) is 13.8 Å². The van der Waals surface area contributed by atoms with E-state index in [-0.39, 0.29) is 48.8 Å². The lowest BCUT2D eigenvalue weighted by molar-refractivity contribution is -0.135. The molecule has 0 radical (unpaired) electrons. The van der Waals surface area contributed by atoms with Crippen molar-refractivity contribution in [2.24, 2.45) is 5.92 Å². The third kappa shape index (κ3) is 5.57. The van der Waals surface area contributed by atoms with E-state index in [2.05, 4.69) is 0 Å². The molecule has 0 spiro atoms. The maximum Gasteiger partial charge on any atom is 0.248 e. The van der Waals surface area contributed by atoms with E-state index >= 15 is 0 Å². The molecule has 1 amide bonds. The summed E-state index contributed by atoms with van der Waals surface area (Å²) >= 11 is 0. The second kappa shape index (κ2) is 10.8. The molecule has 1 heterocycles. The van der Waals surface area contributed by atoms with Crippen LogP contribution in [0.3, 0.4) is 0 Å². The molecular formula is C24H31FN2O6S. The molecule has 1 N–H and O–H groups in total. The molecular weight excluding hydrogens is 463 g/mol. The minimum absolute atomic E-state index is 0.0456. The number of hydrogen-bond acceptors (Lipinski definition) is 6. The smallest absolute Gasteiger partial charge is 0.248 e. The number of rotatable bonds is 7. The molecule has 0 fully saturated rings. The van der Waals surface area contributed by atoms with Gasteiger partial charge in [0.2, 0.25) is 15.9 Å². The first-order valence-electron chi connectivity index (χ1n) is 11.0. The highest BCUT2D eigenvalue weighted by atomic mass is 32.2. The first-order chi connectivity index (χ1) is 16.1. The molecule has 1 aliphatic heterocycles. The van der Waals surface area contributed by atoms with Crippen molar-refractivity contribution in [3.63, 3.8) is 0 Å². The fourth-order valence-electron chi connectivity index (χ4n) is 3.90. The van der Waals surface area contributed by atoms with Crippen LogP contribution in [0.5, 0.6) is 5.75 Å². The van der Waals surface area contributed by atoms with E-state index in [0.717, 1.165) is 0 Å². The van der Waals surface area contributed by atoms with Crippen LogP contribution in [0.4, 0.5) is 4.39 Å². The van der Waals surface area contributed by atoms with Crippen LogP contribution in [0, 0.1) is 11.7 Å². The number of fused-ring (bicyclic) bond motifs is 1. The lowest BCUT2D eigenvalue weighted by Gasteiger charge is -2.37. The van der Waals surface area contributed by atoms with E-state index in [4.69, 9.17) is 9.47 Å². The van der Waals surface area contributed by atoms with Gasteiger partial charge in [0.1, 0.15) is 29.2 Å². The van der Waals surface area contributed by atoms with Gasteiger partial charge in [-0.1, -0.05) is 25.1 Å². The summed E-state index contributed by atoms with van der Waals surface area (Å²) in [6.07, 6.45) is -0.545. The molecule has 0 aromatic heterocycles. The molecule has 3 rings (SSSR count). The standard InChI is InChI=1S/C24H31FN2O6S/c1-16-12-27(17(2)14-28)34(30,31)23-9-8-19(18-6-5-7-20(25)10-18)11-21(23)33-22(16)13-26(3)24(29)15-32-4/h5-11,16-17,22,28H,12-15H2,1-4H3/t16-,17+,22-/m0/s1. The monoisotopic (exact) mass is 494 g/mol. The van der Waals surface area contributed by atoms with Crippen LogP contribution in [-0.2, 0) is 19.6 Å². The van der Waals surface area contributed by atoms with Crippen molar-refractivity contribution < 1.29 is 32.2 Å². The molecule has 0 aliphatic carbocycles. The van der Waals surface area contributed by atoms with Crippen molar-refractivity contribution in [3.8, 4) is 16.9 Å². The molecule has 2 aromatic carbocycles. The largest absolute Gasteiger partial charge is 0.487 e. The number of methoxy groups -OCH3 is 1. The number of likely N-dealkylation sites (N-methyl/N-ethyl adjacent to an activating group) is 1. The normalized spacial score (nSPS) is 21.0. The van der Waals surface area contributed by atoms with Gasteiger partial charge in [0.05, 0.1) is 13.2 Å². The Morgan fingerprint density at radius 1 is 1.29 bits per heavy atom.